The Labute approximate surface area is 76.3 Å². The Morgan fingerprint density at radius 1 is 1.46 bits per heavy atom. The summed E-state index contributed by atoms with van der Waals surface area (Å²) in [5.74, 6) is 0.616. The standard InChI is InChI=1S/C9H11NO3/c1-12-7-3-2-4-8(5-7)13-9(11)6-10/h2-5H,6,10H2,1H3. The molecule has 1 aromatic rings. The quantitative estimate of drug-likeness (QED) is 0.546. The maximum atomic E-state index is 10.8. The SMILES string of the molecule is COc1cccc(OC(=O)CN)c1. The smallest absolute Gasteiger partial charge is 0.325 e. The van der Waals surface area contributed by atoms with Crippen molar-refractivity contribution in [3.05, 3.63) is 24.3 Å². The third kappa shape index (κ3) is 2.76. The number of hydrogen-bond acceptors (Lipinski definition) is 4. The number of nitrogens with two attached hydrogens (primary N) is 1. The molecule has 13 heavy (non-hydrogen) atoms. The number of carbonyl (C=O) groups excluding carboxylic acids is 1. The van der Waals surface area contributed by atoms with Gasteiger partial charge < -0.3 is 15.2 Å². The van der Waals surface area contributed by atoms with Gasteiger partial charge in [0, 0.05) is 6.07 Å². The normalized spacial score (nSPS) is 9.38. The average Bonchev–Trinajstić information content (AvgIpc) is 2.18. The topological polar surface area (TPSA) is 61.5 Å². The Morgan fingerprint density at radius 3 is 2.77 bits per heavy atom. The summed E-state index contributed by atoms with van der Waals surface area (Å²) in [4.78, 5) is 10.8. The summed E-state index contributed by atoms with van der Waals surface area (Å²) in [6.07, 6.45) is 0. The first-order valence-corrected chi connectivity index (χ1v) is 3.81. The fourth-order valence-electron chi connectivity index (χ4n) is 0.838. The van der Waals surface area contributed by atoms with Gasteiger partial charge in [-0.15, -0.1) is 0 Å². The predicted molar refractivity (Wildman–Crippen MR) is 47.7 cm³/mol. The highest BCUT2D eigenvalue weighted by Crippen LogP contribution is 2.18. The van der Waals surface area contributed by atoms with E-state index >= 15 is 0 Å². The average molecular weight is 181 g/mol. The summed E-state index contributed by atoms with van der Waals surface area (Å²) in [6, 6.07) is 6.78. The van der Waals surface area contributed by atoms with E-state index in [-0.39, 0.29) is 6.54 Å². The Morgan fingerprint density at radius 2 is 2.15 bits per heavy atom. The summed E-state index contributed by atoms with van der Waals surface area (Å²) in [6.45, 7) is -0.128. The van der Waals surface area contributed by atoms with Crippen LogP contribution in [0.1, 0.15) is 0 Å². The van der Waals surface area contributed by atoms with Crippen LogP contribution in [0.5, 0.6) is 11.5 Å². The molecule has 0 aromatic heterocycles. The van der Waals surface area contributed by atoms with Crippen molar-refractivity contribution in [2.75, 3.05) is 13.7 Å². The van der Waals surface area contributed by atoms with E-state index in [9.17, 15) is 4.79 Å². The fraction of sp³-hybridized carbons (Fsp3) is 0.222. The molecule has 0 saturated heterocycles. The van der Waals surface area contributed by atoms with Gasteiger partial charge in [-0.1, -0.05) is 6.07 Å². The molecule has 0 heterocycles. The summed E-state index contributed by atoms with van der Waals surface area (Å²) in [5.41, 5.74) is 5.08. The largest absolute Gasteiger partial charge is 0.497 e. The molecule has 0 spiro atoms. The second-order valence-corrected chi connectivity index (χ2v) is 2.36. The summed E-state index contributed by atoms with van der Waals surface area (Å²) < 4.78 is 9.81. The molecular weight excluding hydrogens is 170 g/mol. The van der Waals surface area contributed by atoms with Gasteiger partial charge in [-0.3, -0.25) is 4.79 Å². The Bertz CT molecular complexity index is 299. The minimum Gasteiger partial charge on any atom is -0.497 e. The predicted octanol–water partition coefficient (Wildman–Crippen LogP) is 0.559. The van der Waals surface area contributed by atoms with Gasteiger partial charge in [-0.2, -0.15) is 0 Å². The zero-order valence-corrected chi connectivity index (χ0v) is 7.32. The van der Waals surface area contributed by atoms with E-state index in [2.05, 4.69) is 0 Å². The first kappa shape index (κ1) is 9.54. The molecule has 0 saturated carbocycles. The third-order valence-corrected chi connectivity index (χ3v) is 1.44. The fourth-order valence-corrected chi connectivity index (χ4v) is 0.838. The van der Waals surface area contributed by atoms with Crippen molar-refractivity contribution in [2.24, 2.45) is 5.73 Å². The monoisotopic (exact) mass is 181 g/mol. The molecule has 4 heteroatoms. The number of hydrogen-bond donors (Lipinski definition) is 1. The van der Waals surface area contributed by atoms with Crippen LogP contribution in [0.15, 0.2) is 24.3 Å². The van der Waals surface area contributed by atoms with Crippen LogP contribution >= 0.6 is 0 Å². The first-order chi connectivity index (χ1) is 6.26. The summed E-state index contributed by atoms with van der Waals surface area (Å²) in [7, 11) is 1.55. The van der Waals surface area contributed by atoms with Crippen LogP contribution in [-0.4, -0.2) is 19.6 Å². The lowest BCUT2D eigenvalue weighted by molar-refractivity contribution is -0.132. The van der Waals surface area contributed by atoms with Gasteiger partial charge in [0.2, 0.25) is 0 Å². The van der Waals surface area contributed by atoms with E-state index in [0.717, 1.165) is 0 Å². The molecule has 0 fully saturated rings. The number of rotatable bonds is 3. The Kier molecular flexibility index (Phi) is 3.28. The zero-order chi connectivity index (χ0) is 9.68. The van der Waals surface area contributed by atoms with E-state index in [0.29, 0.717) is 11.5 Å². The highest BCUT2D eigenvalue weighted by molar-refractivity contribution is 5.74. The number of methoxy groups -OCH3 is 1. The van der Waals surface area contributed by atoms with Gasteiger partial charge in [-0.05, 0) is 12.1 Å². The zero-order valence-electron chi connectivity index (χ0n) is 7.32. The van der Waals surface area contributed by atoms with Gasteiger partial charge in [0.15, 0.2) is 0 Å². The third-order valence-electron chi connectivity index (χ3n) is 1.44. The van der Waals surface area contributed by atoms with Gasteiger partial charge >= 0.3 is 5.97 Å². The number of benzene rings is 1. The maximum Gasteiger partial charge on any atom is 0.325 e. The van der Waals surface area contributed by atoms with Crippen molar-refractivity contribution in [3.63, 3.8) is 0 Å². The first-order valence-electron chi connectivity index (χ1n) is 3.81. The van der Waals surface area contributed by atoms with Crippen molar-refractivity contribution in [1.82, 2.24) is 0 Å². The Balaban J connectivity index is 2.71. The van der Waals surface area contributed by atoms with E-state index in [4.69, 9.17) is 15.2 Å². The maximum absolute atomic E-state index is 10.8. The van der Waals surface area contributed by atoms with Crippen LogP contribution in [-0.2, 0) is 4.79 Å². The van der Waals surface area contributed by atoms with Crippen LogP contribution in [0.3, 0.4) is 0 Å². The van der Waals surface area contributed by atoms with Crippen LogP contribution in [0, 0.1) is 0 Å². The number of carbonyl (C=O) groups is 1. The van der Waals surface area contributed by atoms with Gasteiger partial charge in [0.05, 0.1) is 13.7 Å². The molecule has 1 aromatic carbocycles. The van der Waals surface area contributed by atoms with Gasteiger partial charge in [0.25, 0.3) is 0 Å². The van der Waals surface area contributed by atoms with Crippen molar-refractivity contribution >= 4 is 5.97 Å². The molecule has 1 rings (SSSR count). The lowest BCUT2D eigenvalue weighted by Crippen LogP contribution is -2.19. The molecule has 4 nitrogen and oxygen atoms in total. The minimum atomic E-state index is -0.465. The van der Waals surface area contributed by atoms with Gasteiger partial charge in [-0.25, -0.2) is 0 Å². The van der Waals surface area contributed by atoms with Crippen LogP contribution in [0.2, 0.25) is 0 Å². The van der Waals surface area contributed by atoms with Crippen LogP contribution in [0.25, 0.3) is 0 Å². The minimum absolute atomic E-state index is 0.128. The van der Waals surface area contributed by atoms with E-state index < -0.39 is 5.97 Å². The lowest BCUT2D eigenvalue weighted by atomic mass is 10.3. The molecule has 0 radical (unpaired) electrons. The highest BCUT2D eigenvalue weighted by Gasteiger charge is 2.01. The lowest BCUT2D eigenvalue weighted by Gasteiger charge is -2.04. The molecule has 0 amide bonds. The second-order valence-electron chi connectivity index (χ2n) is 2.36. The van der Waals surface area contributed by atoms with E-state index in [1.165, 1.54) is 0 Å². The number of esters is 1. The van der Waals surface area contributed by atoms with Crippen molar-refractivity contribution < 1.29 is 14.3 Å². The van der Waals surface area contributed by atoms with E-state index in [1.807, 2.05) is 0 Å². The van der Waals surface area contributed by atoms with E-state index in [1.54, 1.807) is 31.4 Å². The van der Waals surface area contributed by atoms with Crippen molar-refractivity contribution in [2.45, 2.75) is 0 Å². The van der Waals surface area contributed by atoms with Crippen LogP contribution < -0.4 is 15.2 Å². The number of ether oxygens (including phenoxy) is 2. The summed E-state index contributed by atoms with van der Waals surface area (Å²) >= 11 is 0. The molecule has 0 atom stereocenters. The molecule has 0 bridgehead atoms. The Hall–Kier alpha value is -1.55. The second kappa shape index (κ2) is 4.47. The molecule has 0 aliphatic carbocycles. The van der Waals surface area contributed by atoms with Crippen LogP contribution in [0.4, 0.5) is 0 Å². The molecule has 0 aliphatic heterocycles. The highest BCUT2D eigenvalue weighted by atomic mass is 16.5. The van der Waals surface area contributed by atoms with Crippen molar-refractivity contribution in [3.8, 4) is 11.5 Å². The molecule has 70 valence electrons. The molecule has 0 aliphatic rings. The van der Waals surface area contributed by atoms with Crippen molar-refractivity contribution in [1.29, 1.82) is 0 Å². The molecular formula is C9H11NO3. The molecule has 2 N–H and O–H groups in total. The van der Waals surface area contributed by atoms with Gasteiger partial charge in [0.1, 0.15) is 11.5 Å². The molecule has 0 unspecified atom stereocenters. The summed E-state index contributed by atoms with van der Waals surface area (Å²) in [5, 5.41) is 0.